The highest BCUT2D eigenvalue weighted by Crippen LogP contribution is 2.26. The van der Waals surface area contributed by atoms with E-state index in [9.17, 15) is 19.2 Å². The van der Waals surface area contributed by atoms with Crippen LogP contribution in [0.3, 0.4) is 0 Å². The summed E-state index contributed by atoms with van der Waals surface area (Å²) >= 11 is 0. The number of rotatable bonds is 9. The fraction of sp³-hybridized carbons (Fsp3) is 0.455. The molecular formula is C33H43N3O6. The van der Waals surface area contributed by atoms with Crippen LogP contribution in [0.15, 0.2) is 48.5 Å². The van der Waals surface area contributed by atoms with Crippen LogP contribution in [-0.2, 0) is 30.3 Å². The molecule has 2 aromatic carbocycles. The van der Waals surface area contributed by atoms with E-state index in [0.717, 1.165) is 16.0 Å². The smallest absolute Gasteiger partial charge is 0.408 e. The average molecular weight is 578 g/mol. The summed E-state index contributed by atoms with van der Waals surface area (Å²) in [5.41, 5.74) is 1.36. The molecule has 0 saturated heterocycles. The zero-order valence-corrected chi connectivity index (χ0v) is 26.0. The van der Waals surface area contributed by atoms with Crippen LogP contribution in [-0.4, -0.2) is 52.1 Å². The van der Waals surface area contributed by atoms with Crippen LogP contribution >= 0.6 is 0 Å². The zero-order valence-electron chi connectivity index (χ0n) is 26.0. The van der Waals surface area contributed by atoms with E-state index in [-0.39, 0.29) is 6.42 Å². The summed E-state index contributed by atoms with van der Waals surface area (Å²) in [4.78, 5) is 54.3. The molecule has 2 rings (SSSR count). The van der Waals surface area contributed by atoms with E-state index in [0.29, 0.717) is 11.1 Å². The SMILES string of the molecule is C#CN(C(=O)C(C)NC(=O)OC(C)(C)C)C(C(=O)NC(Cc1ccccc1)C(=O)OC(C)(C)C)c1ccc(C)cc1C. The van der Waals surface area contributed by atoms with Gasteiger partial charge in [-0.3, -0.25) is 14.5 Å². The van der Waals surface area contributed by atoms with Gasteiger partial charge in [-0.25, -0.2) is 9.59 Å². The van der Waals surface area contributed by atoms with Crippen molar-refractivity contribution in [3.63, 3.8) is 0 Å². The molecule has 9 nitrogen and oxygen atoms in total. The molecule has 226 valence electrons. The molecule has 3 amide bonds. The Morgan fingerprint density at radius 3 is 2.02 bits per heavy atom. The number of carbonyl (C=O) groups excluding carboxylic acids is 4. The van der Waals surface area contributed by atoms with Crippen molar-refractivity contribution in [1.82, 2.24) is 15.5 Å². The molecule has 2 N–H and O–H groups in total. The summed E-state index contributed by atoms with van der Waals surface area (Å²) in [7, 11) is 0. The Kier molecular flexibility index (Phi) is 11.3. The first-order chi connectivity index (χ1) is 19.4. The van der Waals surface area contributed by atoms with E-state index in [4.69, 9.17) is 15.9 Å². The van der Waals surface area contributed by atoms with Crippen molar-refractivity contribution >= 4 is 23.9 Å². The van der Waals surface area contributed by atoms with Gasteiger partial charge < -0.3 is 20.1 Å². The maximum Gasteiger partial charge on any atom is 0.408 e. The van der Waals surface area contributed by atoms with Crippen molar-refractivity contribution in [2.75, 3.05) is 0 Å². The van der Waals surface area contributed by atoms with Gasteiger partial charge in [-0.15, -0.1) is 0 Å². The predicted octanol–water partition coefficient (Wildman–Crippen LogP) is 4.75. The number of nitrogens with zero attached hydrogens (tertiary/aromatic N) is 1. The van der Waals surface area contributed by atoms with Crippen LogP contribution in [0, 0.1) is 26.3 Å². The second kappa shape index (κ2) is 14.0. The predicted molar refractivity (Wildman–Crippen MR) is 161 cm³/mol. The van der Waals surface area contributed by atoms with E-state index < -0.39 is 53.2 Å². The second-order valence-electron chi connectivity index (χ2n) is 12.3. The van der Waals surface area contributed by atoms with Gasteiger partial charge in [0.1, 0.15) is 29.3 Å². The minimum atomic E-state index is -1.31. The lowest BCUT2D eigenvalue weighted by molar-refractivity contribution is -0.159. The first-order valence-electron chi connectivity index (χ1n) is 13.8. The normalized spacial score (nSPS) is 13.5. The molecule has 0 aliphatic carbocycles. The standard InChI is InChI=1S/C33H43N3O6/c1-11-36(29(38)23(4)34-31(40)42-33(8,9)10)27(25-18-17-21(2)19-22(25)3)28(37)35-26(30(39)41-32(5,6)7)20-24-15-13-12-14-16-24/h1,12-19,23,26-27H,20H2,2-10H3,(H,34,40)(H,35,37). The molecule has 0 radical (unpaired) electrons. The highest BCUT2D eigenvalue weighted by molar-refractivity contribution is 5.95. The monoisotopic (exact) mass is 577 g/mol. The molecule has 0 heterocycles. The molecule has 0 bridgehead atoms. The molecule has 0 spiro atoms. The van der Waals surface area contributed by atoms with Crippen molar-refractivity contribution in [2.45, 2.75) is 98.1 Å². The van der Waals surface area contributed by atoms with Gasteiger partial charge in [0.15, 0.2) is 0 Å². The number of alkyl carbamates (subject to hydrolysis) is 1. The number of esters is 1. The highest BCUT2D eigenvalue weighted by Gasteiger charge is 2.37. The summed E-state index contributed by atoms with van der Waals surface area (Å²) in [5.74, 6) is -2.01. The first-order valence-corrected chi connectivity index (χ1v) is 13.8. The maximum absolute atomic E-state index is 14.1. The fourth-order valence-corrected chi connectivity index (χ4v) is 4.22. The molecule has 2 aromatic rings. The molecular weight excluding hydrogens is 534 g/mol. The summed E-state index contributed by atoms with van der Waals surface area (Å²) in [6.45, 7) is 15.5. The summed E-state index contributed by atoms with van der Waals surface area (Å²) < 4.78 is 10.9. The maximum atomic E-state index is 14.1. The lowest BCUT2D eigenvalue weighted by atomic mass is 9.96. The van der Waals surface area contributed by atoms with Gasteiger partial charge in [0, 0.05) is 12.5 Å². The van der Waals surface area contributed by atoms with Crippen LogP contribution in [0.5, 0.6) is 0 Å². The fourth-order valence-electron chi connectivity index (χ4n) is 4.22. The van der Waals surface area contributed by atoms with Gasteiger partial charge in [0.2, 0.25) is 5.91 Å². The number of hydrogen-bond acceptors (Lipinski definition) is 6. The van der Waals surface area contributed by atoms with Gasteiger partial charge in [0.05, 0.1) is 0 Å². The molecule has 42 heavy (non-hydrogen) atoms. The number of amides is 3. The van der Waals surface area contributed by atoms with Crippen LogP contribution in [0.2, 0.25) is 0 Å². The van der Waals surface area contributed by atoms with Crippen molar-refractivity contribution in [3.8, 4) is 12.5 Å². The van der Waals surface area contributed by atoms with E-state index >= 15 is 0 Å². The van der Waals surface area contributed by atoms with Crippen LogP contribution in [0.25, 0.3) is 0 Å². The Labute approximate surface area is 249 Å². The minimum absolute atomic E-state index is 0.154. The largest absolute Gasteiger partial charge is 0.458 e. The molecule has 0 saturated carbocycles. The average Bonchev–Trinajstić information content (AvgIpc) is 2.85. The van der Waals surface area contributed by atoms with Crippen molar-refractivity contribution in [3.05, 3.63) is 70.8 Å². The lowest BCUT2D eigenvalue weighted by Crippen LogP contribution is -2.53. The molecule has 3 atom stereocenters. The van der Waals surface area contributed by atoms with Gasteiger partial charge in [-0.2, -0.15) is 0 Å². The van der Waals surface area contributed by atoms with Gasteiger partial charge >= 0.3 is 12.1 Å². The third-order valence-electron chi connectivity index (χ3n) is 6.00. The third kappa shape index (κ3) is 10.3. The van der Waals surface area contributed by atoms with Crippen LogP contribution in [0.4, 0.5) is 4.79 Å². The number of nitrogens with one attached hydrogen (secondary N) is 2. The number of hydrogen-bond donors (Lipinski definition) is 2. The molecule has 9 heteroatoms. The number of ether oxygens (including phenoxy) is 2. The first kappa shape index (κ1) is 33.9. The molecule has 0 aliphatic heterocycles. The van der Waals surface area contributed by atoms with Crippen LogP contribution in [0.1, 0.15) is 76.8 Å². The van der Waals surface area contributed by atoms with Crippen LogP contribution < -0.4 is 10.6 Å². The molecule has 0 aliphatic rings. The number of terminal acetylenes is 1. The minimum Gasteiger partial charge on any atom is -0.458 e. The number of aryl methyl sites for hydroxylation is 2. The Balaban J connectivity index is 2.50. The lowest BCUT2D eigenvalue weighted by Gasteiger charge is -2.31. The quantitative estimate of drug-likeness (QED) is 0.253. The summed E-state index contributed by atoms with van der Waals surface area (Å²) in [6.07, 6.45) is 5.19. The van der Waals surface area contributed by atoms with E-state index in [1.807, 2.05) is 43.3 Å². The van der Waals surface area contributed by atoms with Gasteiger partial charge in [-0.05, 0) is 79.0 Å². The van der Waals surface area contributed by atoms with Crippen molar-refractivity contribution < 1.29 is 28.7 Å². The summed E-state index contributed by atoms with van der Waals surface area (Å²) in [5, 5.41) is 5.28. The van der Waals surface area contributed by atoms with Crippen molar-refractivity contribution in [1.29, 1.82) is 0 Å². The van der Waals surface area contributed by atoms with E-state index in [1.54, 1.807) is 60.6 Å². The third-order valence-corrected chi connectivity index (χ3v) is 6.00. The number of benzene rings is 2. The highest BCUT2D eigenvalue weighted by atomic mass is 16.6. The Morgan fingerprint density at radius 1 is 0.905 bits per heavy atom. The zero-order chi connectivity index (χ0) is 31.8. The van der Waals surface area contributed by atoms with Crippen molar-refractivity contribution in [2.24, 2.45) is 0 Å². The van der Waals surface area contributed by atoms with E-state index in [2.05, 4.69) is 16.7 Å². The molecule has 3 unspecified atom stereocenters. The summed E-state index contributed by atoms with van der Waals surface area (Å²) in [6, 6.07) is 13.4. The molecule has 0 fully saturated rings. The topological polar surface area (TPSA) is 114 Å². The number of carbonyl (C=O) groups is 4. The Bertz CT molecular complexity index is 1320. The van der Waals surface area contributed by atoms with E-state index in [1.165, 1.54) is 6.92 Å². The Morgan fingerprint density at radius 2 is 1.50 bits per heavy atom. The Hall–Kier alpha value is -4.32. The van der Waals surface area contributed by atoms with Gasteiger partial charge in [-0.1, -0.05) is 60.5 Å². The second-order valence-corrected chi connectivity index (χ2v) is 12.3. The van der Waals surface area contributed by atoms with Gasteiger partial charge in [0.25, 0.3) is 5.91 Å². The molecule has 0 aromatic heterocycles.